The van der Waals surface area contributed by atoms with Gasteiger partial charge in [-0.25, -0.2) is 0 Å². The fraction of sp³-hybridized carbons (Fsp3) is 0.579. The SMILES string of the molecule is NC(=O)C1CCN(CC(=O)N2CCN(c3cccc(C(F)(F)F)c3)CC2)CC1. The molecule has 0 saturated carbocycles. The lowest BCUT2D eigenvalue weighted by Gasteiger charge is -2.38. The highest BCUT2D eigenvalue weighted by Gasteiger charge is 2.31. The average Bonchev–Trinajstić information content (AvgIpc) is 2.68. The average molecular weight is 398 g/mol. The maximum Gasteiger partial charge on any atom is 0.416 e. The van der Waals surface area contributed by atoms with E-state index in [1.807, 2.05) is 9.80 Å². The minimum Gasteiger partial charge on any atom is -0.369 e. The van der Waals surface area contributed by atoms with Gasteiger partial charge in [-0.1, -0.05) is 6.07 Å². The van der Waals surface area contributed by atoms with Crippen LogP contribution in [0, 0.1) is 5.92 Å². The number of nitrogens with zero attached hydrogens (tertiary/aromatic N) is 3. The van der Waals surface area contributed by atoms with E-state index in [-0.39, 0.29) is 17.7 Å². The molecule has 2 saturated heterocycles. The highest BCUT2D eigenvalue weighted by Crippen LogP contribution is 2.31. The zero-order chi connectivity index (χ0) is 20.3. The van der Waals surface area contributed by atoms with E-state index in [0.717, 1.165) is 12.1 Å². The second-order valence-electron chi connectivity index (χ2n) is 7.37. The summed E-state index contributed by atoms with van der Waals surface area (Å²) in [6.07, 6.45) is -3.02. The van der Waals surface area contributed by atoms with E-state index in [1.165, 1.54) is 6.07 Å². The van der Waals surface area contributed by atoms with Crippen LogP contribution in [-0.4, -0.2) is 67.4 Å². The van der Waals surface area contributed by atoms with Crippen LogP contribution in [0.1, 0.15) is 18.4 Å². The molecule has 2 N–H and O–H groups in total. The summed E-state index contributed by atoms with van der Waals surface area (Å²) in [7, 11) is 0. The normalized spacial score (nSPS) is 19.7. The van der Waals surface area contributed by atoms with Gasteiger partial charge in [0, 0.05) is 37.8 Å². The van der Waals surface area contributed by atoms with E-state index in [9.17, 15) is 22.8 Å². The first kappa shape index (κ1) is 20.4. The maximum absolute atomic E-state index is 12.9. The van der Waals surface area contributed by atoms with Crippen molar-refractivity contribution in [2.45, 2.75) is 19.0 Å². The molecule has 1 aromatic rings. The number of amides is 2. The number of benzene rings is 1. The Hall–Kier alpha value is -2.29. The number of hydrogen-bond acceptors (Lipinski definition) is 4. The second-order valence-corrected chi connectivity index (χ2v) is 7.37. The number of carbonyl (C=O) groups excluding carboxylic acids is 2. The van der Waals surface area contributed by atoms with Crippen molar-refractivity contribution in [3.8, 4) is 0 Å². The van der Waals surface area contributed by atoms with Gasteiger partial charge in [0.15, 0.2) is 0 Å². The number of carbonyl (C=O) groups is 2. The van der Waals surface area contributed by atoms with Crippen LogP contribution in [0.15, 0.2) is 24.3 Å². The number of anilines is 1. The third-order valence-corrected chi connectivity index (χ3v) is 5.52. The van der Waals surface area contributed by atoms with Gasteiger partial charge >= 0.3 is 6.18 Å². The van der Waals surface area contributed by atoms with E-state index in [4.69, 9.17) is 5.73 Å². The first-order valence-corrected chi connectivity index (χ1v) is 9.45. The number of halogens is 3. The molecule has 2 aliphatic rings. The first-order chi connectivity index (χ1) is 13.2. The fourth-order valence-corrected chi connectivity index (χ4v) is 3.76. The quantitative estimate of drug-likeness (QED) is 0.836. The van der Waals surface area contributed by atoms with Gasteiger partial charge < -0.3 is 15.5 Å². The van der Waals surface area contributed by atoms with Gasteiger partial charge in [0.1, 0.15) is 0 Å². The number of hydrogen-bond donors (Lipinski definition) is 1. The van der Waals surface area contributed by atoms with Crippen molar-refractivity contribution in [3.05, 3.63) is 29.8 Å². The maximum atomic E-state index is 12.9. The van der Waals surface area contributed by atoms with Crippen molar-refractivity contribution in [1.29, 1.82) is 0 Å². The molecule has 0 aliphatic carbocycles. The molecule has 2 amide bonds. The van der Waals surface area contributed by atoms with Gasteiger partial charge in [0.25, 0.3) is 0 Å². The summed E-state index contributed by atoms with van der Waals surface area (Å²) >= 11 is 0. The van der Waals surface area contributed by atoms with Crippen molar-refractivity contribution in [2.24, 2.45) is 11.7 Å². The second kappa shape index (κ2) is 8.38. The molecule has 3 rings (SSSR count). The smallest absolute Gasteiger partial charge is 0.369 e. The van der Waals surface area contributed by atoms with Gasteiger partial charge in [-0.15, -0.1) is 0 Å². The largest absolute Gasteiger partial charge is 0.416 e. The summed E-state index contributed by atoms with van der Waals surface area (Å²) in [5.74, 6) is -0.375. The topological polar surface area (TPSA) is 69.9 Å². The van der Waals surface area contributed by atoms with E-state index < -0.39 is 11.7 Å². The van der Waals surface area contributed by atoms with Crippen molar-refractivity contribution in [3.63, 3.8) is 0 Å². The van der Waals surface area contributed by atoms with Crippen molar-refractivity contribution >= 4 is 17.5 Å². The van der Waals surface area contributed by atoms with Gasteiger partial charge in [-0.3, -0.25) is 14.5 Å². The van der Waals surface area contributed by atoms with E-state index in [2.05, 4.69) is 0 Å². The van der Waals surface area contributed by atoms with Crippen LogP contribution in [-0.2, 0) is 15.8 Å². The first-order valence-electron chi connectivity index (χ1n) is 9.45. The van der Waals surface area contributed by atoms with Crippen LogP contribution in [0.5, 0.6) is 0 Å². The molecule has 154 valence electrons. The third kappa shape index (κ3) is 4.95. The number of alkyl halides is 3. The van der Waals surface area contributed by atoms with E-state index >= 15 is 0 Å². The molecular formula is C19H25F3N4O2. The Morgan fingerprint density at radius 3 is 2.25 bits per heavy atom. The molecule has 6 nitrogen and oxygen atoms in total. The summed E-state index contributed by atoms with van der Waals surface area (Å²) < 4.78 is 38.7. The molecule has 2 heterocycles. The lowest BCUT2D eigenvalue weighted by molar-refractivity contribution is -0.137. The number of likely N-dealkylation sites (tertiary alicyclic amines) is 1. The molecule has 1 aromatic carbocycles. The Morgan fingerprint density at radius 1 is 1.04 bits per heavy atom. The van der Waals surface area contributed by atoms with Crippen LogP contribution in [0.2, 0.25) is 0 Å². The van der Waals surface area contributed by atoms with Gasteiger partial charge in [0.2, 0.25) is 11.8 Å². The lowest BCUT2D eigenvalue weighted by Crippen LogP contribution is -2.52. The summed E-state index contributed by atoms with van der Waals surface area (Å²) in [6.45, 7) is 3.59. The number of piperidine rings is 1. The molecular weight excluding hydrogens is 373 g/mol. The van der Waals surface area contributed by atoms with Crippen molar-refractivity contribution < 1.29 is 22.8 Å². The van der Waals surface area contributed by atoms with Crippen molar-refractivity contribution in [2.75, 3.05) is 50.7 Å². The zero-order valence-electron chi connectivity index (χ0n) is 15.6. The summed E-state index contributed by atoms with van der Waals surface area (Å²) in [5.41, 5.74) is 5.18. The van der Waals surface area contributed by atoms with Crippen LogP contribution < -0.4 is 10.6 Å². The third-order valence-electron chi connectivity index (χ3n) is 5.52. The molecule has 9 heteroatoms. The minimum absolute atomic E-state index is 0.0150. The molecule has 0 aromatic heterocycles. The standard InChI is InChI=1S/C19H25F3N4O2/c20-19(21,22)15-2-1-3-16(12-15)25-8-10-26(11-9-25)17(27)13-24-6-4-14(5-7-24)18(23)28/h1-3,12,14H,4-11,13H2,(H2,23,28). The molecule has 0 atom stereocenters. The number of primary amides is 1. The molecule has 2 aliphatic heterocycles. The Kier molecular flexibility index (Phi) is 6.12. The molecule has 2 fully saturated rings. The Bertz CT molecular complexity index is 709. The predicted octanol–water partition coefficient (Wildman–Crippen LogP) is 1.55. The molecule has 0 radical (unpaired) electrons. The van der Waals surface area contributed by atoms with Gasteiger partial charge in [0.05, 0.1) is 12.1 Å². The van der Waals surface area contributed by atoms with E-state index in [1.54, 1.807) is 11.0 Å². The fourth-order valence-electron chi connectivity index (χ4n) is 3.76. The molecule has 0 spiro atoms. The lowest BCUT2D eigenvalue weighted by atomic mass is 9.96. The number of rotatable bonds is 4. The zero-order valence-corrected chi connectivity index (χ0v) is 15.6. The molecule has 28 heavy (non-hydrogen) atoms. The van der Waals surface area contributed by atoms with Crippen LogP contribution >= 0.6 is 0 Å². The number of piperazine rings is 1. The highest BCUT2D eigenvalue weighted by atomic mass is 19.4. The summed E-state index contributed by atoms with van der Waals surface area (Å²) in [6, 6.07) is 5.28. The molecule has 0 bridgehead atoms. The van der Waals surface area contributed by atoms with Gasteiger partial charge in [-0.2, -0.15) is 13.2 Å². The van der Waals surface area contributed by atoms with Crippen LogP contribution in [0.3, 0.4) is 0 Å². The van der Waals surface area contributed by atoms with Gasteiger partial charge in [-0.05, 0) is 44.1 Å². The number of nitrogens with two attached hydrogens (primary N) is 1. The Labute approximate surface area is 162 Å². The molecule has 0 unspecified atom stereocenters. The van der Waals surface area contributed by atoms with E-state index in [0.29, 0.717) is 64.3 Å². The van der Waals surface area contributed by atoms with Crippen molar-refractivity contribution in [1.82, 2.24) is 9.80 Å². The summed E-state index contributed by atoms with van der Waals surface area (Å²) in [5, 5.41) is 0. The Balaban J connectivity index is 1.49. The van der Waals surface area contributed by atoms with Crippen LogP contribution in [0.4, 0.5) is 18.9 Å². The highest BCUT2D eigenvalue weighted by molar-refractivity contribution is 5.79. The monoisotopic (exact) mass is 398 g/mol. The van der Waals surface area contributed by atoms with Crippen LogP contribution in [0.25, 0.3) is 0 Å². The predicted molar refractivity (Wildman–Crippen MR) is 98.6 cm³/mol. The summed E-state index contributed by atoms with van der Waals surface area (Å²) in [4.78, 5) is 29.4. The Morgan fingerprint density at radius 2 is 1.68 bits per heavy atom. The minimum atomic E-state index is -4.37.